The first kappa shape index (κ1) is 12.1. The SMILES string of the molecule is COOC(=O)CCCSc1ccccc1. The monoisotopic (exact) mass is 226 g/mol. The molecule has 0 atom stereocenters. The van der Waals surface area contributed by atoms with Crippen LogP contribution in [-0.2, 0) is 14.6 Å². The molecular formula is C11H14O3S. The van der Waals surface area contributed by atoms with Crippen LogP contribution in [0.25, 0.3) is 0 Å². The van der Waals surface area contributed by atoms with E-state index >= 15 is 0 Å². The Bertz CT molecular complexity index is 287. The second-order valence-corrected chi connectivity index (χ2v) is 4.06. The van der Waals surface area contributed by atoms with Crippen molar-refractivity contribution in [2.45, 2.75) is 17.7 Å². The van der Waals surface area contributed by atoms with Crippen LogP contribution in [0.5, 0.6) is 0 Å². The van der Waals surface area contributed by atoms with E-state index in [9.17, 15) is 4.79 Å². The third-order valence-electron chi connectivity index (χ3n) is 1.71. The average molecular weight is 226 g/mol. The highest BCUT2D eigenvalue weighted by Gasteiger charge is 2.02. The highest BCUT2D eigenvalue weighted by Crippen LogP contribution is 2.18. The summed E-state index contributed by atoms with van der Waals surface area (Å²) in [4.78, 5) is 20.7. The number of carbonyl (C=O) groups is 1. The Labute approximate surface area is 93.7 Å². The summed E-state index contributed by atoms with van der Waals surface area (Å²) < 4.78 is 0. The molecular weight excluding hydrogens is 212 g/mol. The van der Waals surface area contributed by atoms with Crippen LogP contribution in [0.4, 0.5) is 0 Å². The van der Waals surface area contributed by atoms with Crippen LogP contribution in [0, 0.1) is 0 Å². The second kappa shape index (κ2) is 7.31. The summed E-state index contributed by atoms with van der Waals surface area (Å²) in [6.07, 6.45) is 1.19. The molecule has 0 saturated carbocycles. The van der Waals surface area contributed by atoms with E-state index in [4.69, 9.17) is 0 Å². The minimum Gasteiger partial charge on any atom is -0.299 e. The normalized spacial score (nSPS) is 9.93. The molecule has 0 aliphatic carbocycles. The van der Waals surface area contributed by atoms with E-state index < -0.39 is 0 Å². The van der Waals surface area contributed by atoms with Gasteiger partial charge in [-0.25, -0.2) is 4.79 Å². The number of thioether (sulfide) groups is 1. The Morgan fingerprint density at radius 1 is 1.33 bits per heavy atom. The summed E-state index contributed by atoms with van der Waals surface area (Å²) in [5.41, 5.74) is 0. The van der Waals surface area contributed by atoms with E-state index in [0.717, 1.165) is 12.2 Å². The lowest BCUT2D eigenvalue weighted by molar-refractivity contribution is -0.254. The fourth-order valence-corrected chi connectivity index (χ4v) is 1.93. The van der Waals surface area contributed by atoms with Crippen molar-refractivity contribution < 1.29 is 14.6 Å². The molecule has 82 valence electrons. The highest BCUT2D eigenvalue weighted by atomic mass is 32.2. The summed E-state index contributed by atoms with van der Waals surface area (Å²) >= 11 is 1.73. The van der Waals surface area contributed by atoms with Crippen molar-refractivity contribution in [1.29, 1.82) is 0 Å². The molecule has 0 aliphatic rings. The topological polar surface area (TPSA) is 35.5 Å². The summed E-state index contributed by atoms with van der Waals surface area (Å²) in [7, 11) is 1.33. The first-order valence-electron chi connectivity index (χ1n) is 4.74. The minimum absolute atomic E-state index is 0.314. The molecule has 0 aromatic heterocycles. The fraction of sp³-hybridized carbons (Fsp3) is 0.364. The molecule has 0 fully saturated rings. The molecule has 0 aliphatic heterocycles. The Morgan fingerprint density at radius 3 is 2.73 bits per heavy atom. The van der Waals surface area contributed by atoms with Gasteiger partial charge in [0.05, 0.1) is 7.11 Å². The molecule has 1 aromatic rings. The summed E-state index contributed by atoms with van der Waals surface area (Å²) in [6, 6.07) is 10.1. The maximum atomic E-state index is 10.9. The molecule has 0 bridgehead atoms. The van der Waals surface area contributed by atoms with Gasteiger partial charge in [-0.15, -0.1) is 11.8 Å². The van der Waals surface area contributed by atoms with Gasteiger partial charge in [0.15, 0.2) is 0 Å². The molecule has 0 radical (unpaired) electrons. The summed E-state index contributed by atoms with van der Waals surface area (Å²) in [5, 5.41) is 0. The Hall–Kier alpha value is -1.00. The predicted octanol–water partition coefficient (Wildman–Crippen LogP) is 2.66. The van der Waals surface area contributed by atoms with Crippen molar-refractivity contribution in [2.24, 2.45) is 0 Å². The van der Waals surface area contributed by atoms with Gasteiger partial charge in [-0.2, -0.15) is 4.89 Å². The van der Waals surface area contributed by atoms with Crippen LogP contribution in [-0.4, -0.2) is 18.8 Å². The fourth-order valence-electron chi connectivity index (χ4n) is 1.06. The second-order valence-electron chi connectivity index (χ2n) is 2.89. The molecule has 0 N–H and O–H groups in total. The summed E-state index contributed by atoms with van der Waals surface area (Å²) in [5.74, 6) is 0.592. The van der Waals surface area contributed by atoms with Gasteiger partial charge in [-0.1, -0.05) is 18.2 Å². The van der Waals surface area contributed by atoms with Crippen molar-refractivity contribution >= 4 is 17.7 Å². The third kappa shape index (κ3) is 5.44. The van der Waals surface area contributed by atoms with Gasteiger partial charge < -0.3 is 0 Å². The van der Waals surface area contributed by atoms with E-state index in [0.29, 0.717) is 6.42 Å². The first-order chi connectivity index (χ1) is 7.33. The van der Waals surface area contributed by atoms with E-state index in [1.807, 2.05) is 18.2 Å². The van der Waals surface area contributed by atoms with Crippen LogP contribution in [0.1, 0.15) is 12.8 Å². The van der Waals surface area contributed by atoms with Crippen molar-refractivity contribution in [3.63, 3.8) is 0 Å². The zero-order chi connectivity index (χ0) is 10.9. The molecule has 1 aromatic carbocycles. The van der Waals surface area contributed by atoms with Crippen LogP contribution in [0.15, 0.2) is 35.2 Å². The zero-order valence-corrected chi connectivity index (χ0v) is 9.46. The number of rotatable bonds is 6. The zero-order valence-electron chi connectivity index (χ0n) is 8.64. The molecule has 3 nitrogen and oxygen atoms in total. The maximum Gasteiger partial charge on any atom is 0.342 e. The van der Waals surface area contributed by atoms with Crippen LogP contribution in [0.2, 0.25) is 0 Å². The minimum atomic E-state index is -0.314. The lowest BCUT2D eigenvalue weighted by Crippen LogP contribution is -2.03. The largest absolute Gasteiger partial charge is 0.342 e. The van der Waals surface area contributed by atoms with E-state index in [2.05, 4.69) is 21.9 Å². The van der Waals surface area contributed by atoms with Crippen LogP contribution >= 0.6 is 11.8 Å². The smallest absolute Gasteiger partial charge is 0.299 e. The number of hydrogen-bond acceptors (Lipinski definition) is 4. The molecule has 0 spiro atoms. The van der Waals surface area contributed by atoms with Gasteiger partial charge >= 0.3 is 5.97 Å². The van der Waals surface area contributed by atoms with Crippen molar-refractivity contribution in [3.8, 4) is 0 Å². The molecule has 15 heavy (non-hydrogen) atoms. The number of benzene rings is 1. The van der Waals surface area contributed by atoms with Gasteiger partial charge in [-0.3, -0.25) is 4.89 Å². The van der Waals surface area contributed by atoms with Crippen LogP contribution in [0.3, 0.4) is 0 Å². The van der Waals surface area contributed by atoms with Gasteiger partial charge in [0.1, 0.15) is 0 Å². The molecule has 0 amide bonds. The lowest BCUT2D eigenvalue weighted by Gasteiger charge is -2.01. The predicted molar refractivity (Wildman–Crippen MR) is 59.5 cm³/mol. The van der Waals surface area contributed by atoms with Gasteiger partial charge in [-0.05, 0) is 24.3 Å². The Balaban J connectivity index is 2.10. The standard InChI is InChI=1S/C11H14O3S/c1-13-14-11(12)8-5-9-15-10-6-3-2-4-7-10/h2-4,6-7H,5,8-9H2,1H3. The third-order valence-corrected chi connectivity index (χ3v) is 2.81. The molecule has 0 saturated heterocycles. The van der Waals surface area contributed by atoms with Crippen molar-refractivity contribution in [1.82, 2.24) is 0 Å². The summed E-state index contributed by atoms with van der Waals surface area (Å²) in [6.45, 7) is 0. The quantitative estimate of drug-likeness (QED) is 0.323. The number of hydrogen-bond donors (Lipinski definition) is 0. The molecule has 4 heteroatoms. The lowest BCUT2D eigenvalue weighted by atomic mass is 10.3. The van der Waals surface area contributed by atoms with Gasteiger partial charge in [0.25, 0.3) is 0 Å². The first-order valence-corrected chi connectivity index (χ1v) is 5.73. The van der Waals surface area contributed by atoms with E-state index in [-0.39, 0.29) is 5.97 Å². The number of carbonyl (C=O) groups excluding carboxylic acids is 1. The van der Waals surface area contributed by atoms with E-state index in [1.165, 1.54) is 12.0 Å². The van der Waals surface area contributed by atoms with Gasteiger partial charge in [0.2, 0.25) is 0 Å². The van der Waals surface area contributed by atoms with Crippen molar-refractivity contribution in [2.75, 3.05) is 12.9 Å². The Kier molecular flexibility index (Phi) is 5.88. The maximum absolute atomic E-state index is 10.9. The molecule has 0 unspecified atom stereocenters. The molecule has 1 rings (SSSR count). The van der Waals surface area contributed by atoms with E-state index in [1.54, 1.807) is 11.8 Å². The van der Waals surface area contributed by atoms with Gasteiger partial charge in [0, 0.05) is 11.3 Å². The average Bonchev–Trinajstić information content (AvgIpc) is 2.26. The molecule has 0 heterocycles. The Morgan fingerprint density at radius 2 is 2.07 bits per heavy atom. The van der Waals surface area contributed by atoms with Crippen LogP contribution < -0.4 is 0 Å². The highest BCUT2D eigenvalue weighted by molar-refractivity contribution is 7.99. The van der Waals surface area contributed by atoms with Crippen molar-refractivity contribution in [3.05, 3.63) is 30.3 Å².